The lowest BCUT2D eigenvalue weighted by Crippen LogP contribution is -1.72. The molecule has 1 heterocycles. The molecule has 1 aromatic heterocycles. The lowest BCUT2D eigenvalue weighted by atomic mass is 10.2. The van der Waals surface area contributed by atoms with Gasteiger partial charge in [0.25, 0.3) is 0 Å². The zero-order chi connectivity index (χ0) is 8.72. The van der Waals surface area contributed by atoms with Crippen LogP contribution >= 0.6 is 31.9 Å². The largest absolute Gasteiger partial charge is 0.360 e. The van der Waals surface area contributed by atoms with Gasteiger partial charge >= 0.3 is 0 Å². The van der Waals surface area contributed by atoms with Gasteiger partial charge in [-0.3, -0.25) is 0 Å². The molecule has 0 spiro atoms. The van der Waals surface area contributed by atoms with Crippen molar-refractivity contribution in [3.63, 3.8) is 0 Å². The van der Waals surface area contributed by atoms with Crippen LogP contribution in [0, 0.1) is 6.92 Å². The van der Waals surface area contributed by atoms with E-state index in [9.17, 15) is 0 Å². The molecule has 0 aliphatic heterocycles. The van der Waals surface area contributed by atoms with Crippen LogP contribution < -0.4 is 0 Å². The van der Waals surface area contributed by atoms with Crippen molar-refractivity contribution >= 4 is 42.8 Å². The summed E-state index contributed by atoms with van der Waals surface area (Å²) < 4.78 is 2.20. The Kier molecular flexibility index (Phi) is 2.00. The van der Waals surface area contributed by atoms with Gasteiger partial charge in [0, 0.05) is 20.5 Å². The van der Waals surface area contributed by atoms with Gasteiger partial charge in [-0.2, -0.15) is 0 Å². The molecule has 2 rings (SSSR count). The minimum Gasteiger partial charge on any atom is -0.360 e. The number of aromatic amines is 1. The van der Waals surface area contributed by atoms with Gasteiger partial charge in [0.2, 0.25) is 0 Å². The summed E-state index contributed by atoms with van der Waals surface area (Å²) in [6.45, 7) is 2.09. The van der Waals surface area contributed by atoms with E-state index in [1.807, 2.05) is 12.3 Å². The van der Waals surface area contributed by atoms with Crippen molar-refractivity contribution in [3.05, 3.63) is 32.8 Å². The van der Waals surface area contributed by atoms with E-state index >= 15 is 0 Å². The summed E-state index contributed by atoms with van der Waals surface area (Å²) in [7, 11) is 0. The minimum atomic E-state index is 1.10. The number of fused-ring (bicyclic) bond motifs is 1. The quantitative estimate of drug-likeness (QED) is 0.754. The Hall–Kier alpha value is -0.280. The average molecular weight is 289 g/mol. The normalized spacial score (nSPS) is 10.9. The van der Waals surface area contributed by atoms with Crippen molar-refractivity contribution in [2.24, 2.45) is 0 Å². The van der Waals surface area contributed by atoms with Crippen molar-refractivity contribution < 1.29 is 0 Å². The van der Waals surface area contributed by atoms with Gasteiger partial charge < -0.3 is 4.98 Å². The minimum absolute atomic E-state index is 1.10. The monoisotopic (exact) mass is 287 g/mol. The maximum absolute atomic E-state index is 3.50. The fraction of sp³-hybridized carbons (Fsp3) is 0.111. The van der Waals surface area contributed by atoms with Gasteiger partial charge in [-0.25, -0.2) is 0 Å². The van der Waals surface area contributed by atoms with E-state index in [0.717, 1.165) is 14.5 Å². The summed E-state index contributed by atoms with van der Waals surface area (Å²) in [4.78, 5) is 3.22. The third-order valence-electron chi connectivity index (χ3n) is 1.91. The van der Waals surface area contributed by atoms with Gasteiger partial charge in [-0.05, 0) is 40.5 Å². The number of hydrogen-bond donors (Lipinski definition) is 1. The van der Waals surface area contributed by atoms with Crippen LogP contribution in [-0.2, 0) is 0 Å². The SMILES string of the molecule is Cc1c[nH]c2c(Br)cc(Br)cc12. The Bertz CT molecular complexity index is 431. The number of H-pyrrole nitrogens is 1. The molecule has 2 aromatic rings. The highest BCUT2D eigenvalue weighted by atomic mass is 79.9. The maximum Gasteiger partial charge on any atom is 0.0601 e. The van der Waals surface area contributed by atoms with Crippen LogP contribution in [0.2, 0.25) is 0 Å². The Balaban J connectivity index is 2.92. The molecule has 1 N–H and O–H groups in total. The van der Waals surface area contributed by atoms with Crippen molar-refractivity contribution in [2.45, 2.75) is 6.92 Å². The highest BCUT2D eigenvalue weighted by molar-refractivity contribution is 9.11. The van der Waals surface area contributed by atoms with Crippen LogP contribution in [0.4, 0.5) is 0 Å². The first kappa shape index (κ1) is 8.32. The van der Waals surface area contributed by atoms with Crippen LogP contribution in [0.5, 0.6) is 0 Å². The first-order valence-corrected chi connectivity index (χ1v) is 5.20. The van der Waals surface area contributed by atoms with Crippen molar-refractivity contribution in [3.8, 4) is 0 Å². The molecule has 12 heavy (non-hydrogen) atoms. The zero-order valence-electron chi connectivity index (χ0n) is 6.49. The number of nitrogens with one attached hydrogen (secondary N) is 1. The number of hydrogen-bond acceptors (Lipinski definition) is 0. The molecule has 0 unspecified atom stereocenters. The van der Waals surface area contributed by atoms with Crippen LogP contribution in [0.3, 0.4) is 0 Å². The van der Waals surface area contributed by atoms with Gasteiger partial charge in [-0.1, -0.05) is 15.9 Å². The summed E-state index contributed by atoms with van der Waals surface area (Å²) in [5, 5.41) is 1.26. The molecule has 0 radical (unpaired) electrons. The molecule has 1 aromatic carbocycles. The molecule has 0 aliphatic carbocycles. The lowest BCUT2D eigenvalue weighted by Gasteiger charge is -1.96. The van der Waals surface area contributed by atoms with Gasteiger partial charge in [0.1, 0.15) is 0 Å². The fourth-order valence-electron chi connectivity index (χ4n) is 1.29. The molecule has 1 nitrogen and oxygen atoms in total. The standard InChI is InChI=1S/C9H7Br2N/c1-5-4-12-9-7(5)2-6(10)3-8(9)11/h2-4,12H,1H3. The molecule has 0 bridgehead atoms. The van der Waals surface area contributed by atoms with Crippen molar-refractivity contribution in [1.82, 2.24) is 4.98 Å². The Morgan fingerprint density at radius 2 is 2.00 bits per heavy atom. The number of halogens is 2. The van der Waals surface area contributed by atoms with Gasteiger partial charge in [0.15, 0.2) is 0 Å². The summed E-state index contributed by atoms with van der Waals surface area (Å²) in [6.07, 6.45) is 2.02. The average Bonchev–Trinajstić information content (AvgIpc) is 2.33. The first-order chi connectivity index (χ1) is 5.68. The third-order valence-corrected chi connectivity index (χ3v) is 3.00. The molecule has 62 valence electrons. The molecule has 0 fully saturated rings. The second kappa shape index (κ2) is 2.89. The lowest BCUT2D eigenvalue weighted by molar-refractivity contribution is 1.42. The molecule has 0 atom stereocenters. The smallest absolute Gasteiger partial charge is 0.0601 e. The fourth-order valence-corrected chi connectivity index (χ4v) is 2.63. The molecule has 0 saturated carbocycles. The summed E-state index contributed by atoms with van der Waals surface area (Å²) in [6, 6.07) is 4.16. The number of rotatable bonds is 0. The van der Waals surface area contributed by atoms with E-state index in [4.69, 9.17) is 0 Å². The third kappa shape index (κ3) is 1.21. The van der Waals surface area contributed by atoms with Crippen LogP contribution in [0.25, 0.3) is 10.9 Å². The van der Waals surface area contributed by atoms with E-state index < -0.39 is 0 Å². The first-order valence-electron chi connectivity index (χ1n) is 3.61. The van der Waals surface area contributed by atoms with E-state index in [1.54, 1.807) is 0 Å². The number of benzene rings is 1. The number of aromatic nitrogens is 1. The Morgan fingerprint density at radius 1 is 1.25 bits per heavy atom. The van der Waals surface area contributed by atoms with Crippen LogP contribution in [0.15, 0.2) is 27.3 Å². The van der Waals surface area contributed by atoms with Gasteiger partial charge in [-0.15, -0.1) is 0 Å². The molecule has 0 aliphatic rings. The second-order valence-electron chi connectivity index (χ2n) is 2.78. The molecule has 0 amide bonds. The van der Waals surface area contributed by atoms with Gasteiger partial charge in [0.05, 0.1) is 5.52 Å². The van der Waals surface area contributed by atoms with E-state index in [2.05, 4.69) is 49.8 Å². The molecule has 0 saturated heterocycles. The predicted molar refractivity (Wildman–Crippen MR) is 58.4 cm³/mol. The van der Waals surface area contributed by atoms with Crippen LogP contribution in [-0.4, -0.2) is 4.98 Å². The molecular weight excluding hydrogens is 282 g/mol. The van der Waals surface area contributed by atoms with E-state index in [1.165, 1.54) is 10.9 Å². The summed E-state index contributed by atoms with van der Waals surface area (Å²) in [5.41, 5.74) is 2.43. The number of aryl methyl sites for hydroxylation is 1. The predicted octanol–water partition coefficient (Wildman–Crippen LogP) is 4.00. The molecular formula is C9H7Br2N. The molecule has 3 heteroatoms. The summed E-state index contributed by atoms with van der Waals surface area (Å²) >= 11 is 6.96. The topological polar surface area (TPSA) is 15.8 Å². The van der Waals surface area contributed by atoms with Crippen molar-refractivity contribution in [2.75, 3.05) is 0 Å². The van der Waals surface area contributed by atoms with E-state index in [0.29, 0.717) is 0 Å². The Morgan fingerprint density at radius 3 is 2.75 bits per heavy atom. The van der Waals surface area contributed by atoms with Crippen molar-refractivity contribution in [1.29, 1.82) is 0 Å². The Labute approximate surface area is 87.4 Å². The summed E-state index contributed by atoms with van der Waals surface area (Å²) in [5.74, 6) is 0. The van der Waals surface area contributed by atoms with E-state index in [-0.39, 0.29) is 0 Å². The maximum atomic E-state index is 3.50. The highest BCUT2D eigenvalue weighted by Gasteiger charge is 2.03. The van der Waals surface area contributed by atoms with Crippen LogP contribution in [0.1, 0.15) is 5.56 Å². The highest BCUT2D eigenvalue weighted by Crippen LogP contribution is 2.29. The second-order valence-corrected chi connectivity index (χ2v) is 4.55. The zero-order valence-corrected chi connectivity index (χ0v) is 9.66.